The molecular weight excluding hydrogens is 335 g/mol. The molecule has 0 aliphatic carbocycles. The summed E-state index contributed by atoms with van der Waals surface area (Å²) in [6.07, 6.45) is 0. The van der Waals surface area contributed by atoms with Crippen LogP contribution in [0.4, 0.5) is 0 Å². The van der Waals surface area contributed by atoms with Crippen molar-refractivity contribution in [3.05, 3.63) is 0 Å². The summed E-state index contributed by atoms with van der Waals surface area (Å²) in [7, 11) is 0. The van der Waals surface area contributed by atoms with E-state index in [-0.39, 0.29) is 0 Å². The van der Waals surface area contributed by atoms with Crippen LogP contribution < -0.4 is 15.3 Å². The van der Waals surface area contributed by atoms with Crippen LogP contribution in [0.15, 0.2) is 0 Å². The third-order valence-electron chi connectivity index (χ3n) is 0.408. The number of aliphatic carboxylic acids is 3. The van der Waals surface area contributed by atoms with Crippen molar-refractivity contribution >= 4 is 40.4 Å². The van der Waals surface area contributed by atoms with Gasteiger partial charge in [0.25, 0.3) is 0 Å². The topological polar surface area (TPSA) is 120 Å². The Bertz CT molecular complexity index is 162. The SMILES string of the molecule is CC(=O)[O-].CC(=O)[O-].CC(=O)[O-].CC(C)[CH2][Sn+3]. The first-order chi connectivity index (χ1) is 7.47. The van der Waals surface area contributed by atoms with Crippen molar-refractivity contribution in [1.29, 1.82) is 0 Å². The molecule has 0 N–H and O–H groups in total. The van der Waals surface area contributed by atoms with Crippen molar-refractivity contribution < 1.29 is 29.7 Å². The number of carboxylic acid groups (broad SMARTS) is 3. The van der Waals surface area contributed by atoms with Gasteiger partial charge in [0.1, 0.15) is 0 Å². The van der Waals surface area contributed by atoms with E-state index in [1.54, 1.807) is 22.5 Å². The summed E-state index contributed by atoms with van der Waals surface area (Å²) in [6, 6.07) is 0. The van der Waals surface area contributed by atoms with Crippen LogP contribution in [-0.2, 0) is 14.4 Å². The molecule has 17 heavy (non-hydrogen) atoms. The molecule has 0 bridgehead atoms. The third kappa shape index (κ3) is 1820. The van der Waals surface area contributed by atoms with E-state index in [0.29, 0.717) is 0 Å². The van der Waals surface area contributed by atoms with Crippen molar-refractivity contribution in [2.75, 3.05) is 0 Å². The molecule has 0 rings (SSSR count). The van der Waals surface area contributed by atoms with Gasteiger partial charge in [-0.3, -0.25) is 0 Å². The van der Waals surface area contributed by atoms with Gasteiger partial charge in [0.05, 0.1) is 0 Å². The van der Waals surface area contributed by atoms with E-state index in [4.69, 9.17) is 29.7 Å². The predicted molar refractivity (Wildman–Crippen MR) is 57.4 cm³/mol. The van der Waals surface area contributed by atoms with Crippen LogP contribution in [-0.4, -0.2) is 40.4 Å². The molecule has 0 heterocycles. The van der Waals surface area contributed by atoms with E-state index in [2.05, 4.69) is 13.8 Å². The van der Waals surface area contributed by atoms with E-state index in [1.165, 1.54) is 4.44 Å². The first-order valence-corrected chi connectivity index (χ1v) is 6.66. The second kappa shape index (κ2) is 20.6. The molecule has 0 aliphatic heterocycles. The molecule has 0 aromatic carbocycles. The van der Waals surface area contributed by atoms with Gasteiger partial charge in [0.2, 0.25) is 0 Å². The van der Waals surface area contributed by atoms with E-state index >= 15 is 0 Å². The molecule has 0 aliphatic rings. The van der Waals surface area contributed by atoms with Gasteiger partial charge in [-0.2, -0.15) is 0 Å². The molecule has 0 fully saturated rings. The molecule has 0 aromatic heterocycles. The van der Waals surface area contributed by atoms with Crippen LogP contribution in [0.5, 0.6) is 0 Å². The fourth-order valence-electron chi connectivity index (χ4n) is 0. The van der Waals surface area contributed by atoms with E-state index in [1.807, 2.05) is 0 Å². The summed E-state index contributed by atoms with van der Waals surface area (Å²) in [4.78, 5) is 26.7. The zero-order valence-corrected chi connectivity index (χ0v) is 13.6. The van der Waals surface area contributed by atoms with Gasteiger partial charge in [-0.15, -0.1) is 0 Å². The van der Waals surface area contributed by atoms with Crippen molar-refractivity contribution in [3.63, 3.8) is 0 Å². The monoisotopic (exact) mass is 354 g/mol. The van der Waals surface area contributed by atoms with Gasteiger partial charge in [0, 0.05) is 17.9 Å². The van der Waals surface area contributed by atoms with Crippen molar-refractivity contribution in [2.45, 2.75) is 39.1 Å². The number of carboxylic acids is 3. The van der Waals surface area contributed by atoms with Crippen molar-refractivity contribution in [2.24, 2.45) is 5.92 Å². The Balaban J connectivity index is -0.0000000667. The first kappa shape index (κ1) is 25.2. The minimum atomic E-state index is -1.08. The fraction of sp³-hybridized carbons (Fsp3) is 0.700. The average Bonchev–Trinajstić information content (AvgIpc) is 2.00. The number of carbonyl (C=O) groups is 3. The van der Waals surface area contributed by atoms with Gasteiger partial charge in [0.15, 0.2) is 0 Å². The summed E-state index contributed by atoms with van der Waals surface area (Å²) >= 11 is 1.66. The van der Waals surface area contributed by atoms with Gasteiger partial charge in [-0.05, 0) is 20.8 Å². The maximum absolute atomic E-state index is 8.89. The number of rotatable bonds is 1. The predicted octanol–water partition coefficient (Wildman–Crippen LogP) is -2.50. The molecule has 0 spiro atoms. The number of carbonyl (C=O) groups excluding carboxylic acids is 3. The molecule has 98 valence electrons. The van der Waals surface area contributed by atoms with Crippen LogP contribution in [0.25, 0.3) is 0 Å². The van der Waals surface area contributed by atoms with Crippen molar-refractivity contribution in [3.8, 4) is 0 Å². The van der Waals surface area contributed by atoms with Crippen LogP contribution in [0.2, 0.25) is 4.44 Å². The Hall–Kier alpha value is -0.791. The number of hydrogen-bond donors (Lipinski definition) is 0. The van der Waals surface area contributed by atoms with Gasteiger partial charge < -0.3 is 29.7 Å². The average molecular weight is 353 g/mol. The van der Waals surface area contributed by atoms with Gasteiger partial charge in [-0.25, -0.2) is 0 Å². The molecule has 0 radical (unpaired) electrons. The molecule has 0 atom stereocenters. The quantitative estimate of drug-likeness (QED) is 0.481. The van der Waals surface area contributed by atoms with Gasteiger partial charge in [-0.1, -0.05) is 0 Å². The summed E-state index contributed by atoms with van der Waals surface area (Å²) < 4.78 is 1.40. The normalized spacial score (nSPS) is 7.29. The summed E-state index contributed by atoms with van der Waals surface area (Å²) in [5.74, 6) is -2.33. The minimum absolute atomic E-state index is 0.924. The maximum atomic E-state index is 8.89. The van der Waals surface area contributed by atoms with E-state index in [0.717, 1.165) is 26.7 Å². The molecule has 0 amide bonds. The zero-order valence-electron chi connectivity index (χ0n) is 10.7. The molecular formula is C10H18O6Sn. The third-order valence-corrected chi connectivity index (χ3v) is 2.74. The Morgan fingerprint density at radius 2 is 0.941 bits per heavy atom. The van der Waals surface area contributed by atoms with Crippen LogP contribution in [0, 0.1) is 5.92 Å². The van der Waals surface area contributed by atoms with Crippen LogP contribution >= 0.6 is 0 Å². The molecule has 0 aromatic rings. The number of hydrogen-bond acceptors (Lipinski definition) is 6. The summed E-state index contributed by atoms with van der Waals surface area (Å²) in [5, 5.41) is 26.7. The van der Waals surface area contributed by atoms with Crippen molar-refractivity contribution in [1.82, 2.24) is 0 Å². The van der Waals surface area contributed by atoms with E-state index < -0.39 is 17.9 Å². The van der Waals surface area contributed by atoms with Crippen LogP contribution in [0.3, 0.4) is 0 Å². The van der Waals surface area contributed by atoms with Gasteiger partial charge >= 0.3 is 46.7 Å². The Morgan fingerprint density at radius 1 is 0.882 bits per heavy atom. The van der Waals surface area contributed by atoms with Crippen LogP contribution in [0.1, 0.15) is 34.6 Å². The Kier molecular flexibility index (Phi) is 30.5. The van der Waals surface area contributed by atoms with E-state index in [9.17, 15) is 0 Å². The summed E-state index contributed by atoms with van der Waals surface area (Å²) in [5.41, 5.74) is 0. The Labute approximate surface area is 115 Å². The molecule has 0 unspecified atom stereocenters. The summed E-state index contributed by atoms with van der Waals surface area (Å²) in [6.45, 7) is 7.41. The molecule has 0 saturated carbocycles. The standard InChI is InChI=1S/C4H9.3C2H4O2.Sn/c1-4(2)3;3*1-2(3)4;/h4H,1H2,2-3H3;3*1H3,(H,3,4);/q;;;;+3/p-3. The zero-order chi connectivity index (χ0) is 15.0. The Morgan fingerprint density at radius 3 is 0.941 bits per heavy atom. The molecule has 7 heteroatoms. The first-order valence-electron chi connectivity index (χ1n) is 4.64. The molecule has 6 nitrogen and oxygen atoms in total. The fourth-order valence-corrected chi connectivity index (χ4v) is 0. The second-order valence-corrected chi connectivity index (χ2v) is 4.24. The molecule has 0 saturated heterocycles. The second-order valence-electron chi connectivity index (χ2n) is 3.07.